The molecule has 3 rings (SSSR count). The van der Waals surface area contributed by atoms with Crippen molar-refractivity contribution in [2.75, 3.05) is 0 Å². The molecule has 8 heteroatoms. The molecule has 0 saturated carbocycles. The van der Waals surface area contributed by atoms with Crippen molar-refractivity contribution in [3.63, 3.8) is 0 Å². The Morgan fingerprint density at radius 2 is 1.74 bits per heavy atom. The van der Waals surface area contributed by atoms with Gasteiger partial charge in [0.25, 0.3) is 5.69 Å². The van der Waals surface area contributed by atoms with Gasteiger partial charge in [0.05, 0.1) is 9.82 Å². The van der Waals surface area contributed by atoms with E-state index < -0.39 is 14.9 Å². The van der Waals surface area contributed by atoms with Crippen molar-refractivity contribution in [3.05, 3.63) is 64.0 Å². The predicted octanol–water partition coefficient (Wildman–Crippen LogP) is 2.20. The summed E-state index contributed by atoms with van der Waals surface area (Å²) in [6.45, 7) is 0. The number of non-ortho nitro benzene ring substituents is 1. The summed E-state index contributed by atoms with van der Waals surface area (Å²) < 4.78 is 21.4. The normalized spacial score (nSPS) is 13.4. The van der Waals surface area contributed by atoms with Gasteiger partial charge >= 0.3 is 0 Å². The van der Waals surface area contributed by atoms with E-state index in [0.717, 1.165) is 24.3 Å². The molecular formula is C15H17N3O4S. The second-order valence-electron chi connectivity index (χ2n) is 5.11. The molecule has 1 aromatic heterocycles. The van der Waals surface area contributed by atoms with Crippen LogP contribution < -0.4 is 5.14 Å². The minimum atomic E-state index is -3.77. The van der Waals surface area contributed by atoms with Gasteiger partial charge in [-0.2, -0.15) is 0 Å². The SMILES string of the molecule is NS(=O)(=O)c1ccc([N+](=O)[O-])cc1.c1cnc2c(c1)CCCC2. The van der Waals surface area contributed by atoms with Crippen molar-refractivity contribution in [2.45, 2.75) is 30.6 Å². The van der Waals surface area contributed by atoms with E-state index in [2.05, 4.69) is 11.1 Å². The van der Waals surface area contributed by atoms with Crippen LogP contribution in [0.4, 0.5) is 5.69 Å². The van der Waals surface area contributed by atoms with Crippen LogP contribution in [0, 0.1) is 10.1 Å². The van der Waals surface area contributed by atoms with Crippen molar-refractivity contribution in [1.29, 1.82) is 0 Å². The van der Waals surface area contributed by atoms with Crippen LogP contribution in [-0.4, -0.2) is 18.3 Å². The molecule has 23 heavy (non-hydrogen) atoms. The number of nitrogens with zero attached hydrogens (tertiary/aromatic N) is 2. The number of aryl methyl sites for hydroxylation is 2. The zero-order valence-corrected chi connectivity index (χ0v) is 13.2. The number of sulfonamides is 1. The third-order valence-corrected chi connectivity index (χ3v) is 4.40. The van der Waals surface area contributed by atoms with E-state index in [1.54, 1.807) is 0 Å². The maximum Gasteiger partial charge on any atom is 0.269 e. The average Bonchev–Trinajstić information content (AvgIpc) is 2.55. The number of fused-ring (bicyclic) bond motifs is 1. The number of hydrogen-bond acceptors (Lipinski definition) is 5. The summed E-state index contributed by atoms with van der Waals surface area (Å²) in [5, 5.41) is 15.0. The van der Waals surface area contributed by atoms with Crippen LogP contribution in [0.1, 0.15) is 24.1 Å². The van der Waals surface area contributed by atoms with Crippen molar-refractivity contribution in [1.82, 2.24) is 4.98 Å². The lowest BCUT2D eigenvalue weighted by atomic mass is 9.96. The number of nitro benzene ring substituents is 1. The molecule has 2 N–H and O–H groups in total. The summed E-state index contributed by atoms with van der Waals surface area (Å²) in [6, 6.07) is 8.58. The maximum absolute atomic E-state index is 10.7. The number of nitro groups is 1. The van der Waals surface area contributed by atoms with Crippen LogP contribution in [0.15, 0.2) is 47.5 Å². The summed E-state index contributed by atoms with van der Waals surface area (Å²) >= 11 is 0. The van der Waals surface area contributed by atoms with Crippen LogP contribution in [0.5, 0.6) is 0 Å². The van der Waals surface area contributed by atoms with Gasteiger partial charge in [0.1, 0.15) is 0 Å². The molecule has 0 aliphatic heterocycles. The Kier molecular flexibility index (Phi) is 5.41. The molecule has 1 aliphatic carbocycles. The molecule has 122 valence electrons. The highest BCUT2D eigenvalue weighted by molar-refractivity contribution is 7.89. The molecule has 0 saturated heterocycles. The summed E-state index contributed by atoms with van der Waals surface area (Å²) in [5.74, 6) is 0. The molecule has 0 bridgehead atoms. The standard InChI is InChI=1S/C9H11N.C6H6N2O4S/c1-2-6-9-8(4-1)5-3-7-10-9;7-13(11,12)6-3-1-5(2-4-6)8(9)10/h3,5,7H,1-2,4,6H2;1-4H,(H2,7,11,12). The highest BCUT2D eigenvalue weighted by Crippen LogP contribution is 2.17. The first-order valence-electron chi connectivity index (χ1n) is 7.08. The van der Waals surface area contributed by atoms with E-state index in [4.69, 9.17) is 5.14 Å². The first-order chi connectivity index (χ1) is 10.9. The van der Waals surface area contributed by atoms with E-state index in [9.17, 15) is 18.5 Å². The first-order valence-corrected chi connectivity index (χ1v) is 8.62. The molecule has 1 heterocycles. The van der Waals surface area contributed by atoms with Crippen LogP contribution in [0.25, 0.3) is 0 Å². The average molecular weight is 335 g/mol. The zero-order valence-electron chi connectivity index (χ0n) is 12.4. The number of benzene rings is 1. The van der Waals surface area contributed by atoms with Gasteiger partial charge in [0.15, 0.2) is 0 Å². The van der Waals surface area contributed by atoms with Crippen LogP contribution >= 0.6 is 0 Å². The third-order valence-electron chi connectivity index (χ3n) is 3.47. The Bertz CT molecular complexity index is 764. The van der Waals surface area contributed by atoms with Crippen LogP contribution in [-0.2, 0) is 22.9 Å². The highest BCUT2D eigenvalue weighted by atomic mass is 32.2. The molecule has 2 aromatic rings. The third kappa shape index (κ3) is 4.83. The Labute approximate surface area is 134 Å². The van der Waals surface area contributed by atoms with Gasteiger partial charge < -0.3 is 0 Å². The number of hydrogen-bond donors (Lipinski definition) is 1. The molecule has 0 amide bonds. The van der Waals surface area contributed by atoms with Gasteiger partial charge in [-0.05, 0) is 49.4 Å². The maximum atomic E-state index is 10.7. The van der Waals surface area contributed by atoms with Gasteiger partial charge in [-0.15, -0.1) is 0 Å². The van der Waals surface area contributed by atoms with Gasteiger partial charge in [0.2, 0.25) is 10.0 Å². The van der Waals surface area contributed by atoms with Crippen molar-refractivity contribution in [3.8, 4) is 0 Å². The van der Waals surface area contributed by atoms with E-state index in [1.165, 1.54) is 36.9 Å². The molecular weight excluding hydrogens is 318 g/mol. The number of primary sulfonamides is 1. The lowest BCUT2D eigenvalue weighted by Crippen LogP contribution is -2.11. The fourth-order valence-electron chi connectivity index (χ4n) is 2.29. The van der Waals surface area contributed by atoms with E-state index in [0.29, 0.717) is 0 Å². The minimum absolute atomic E-state index is 0.141. The molecule has 7 nitrogen and oxygen atoms in total. The fraction of sp³-hybridized carbons (Fsp3) is 0.267. The number of nitrogens with two attached hydrogens (primary N) is 1. The van der Waals surface area contributed by atoms with Crippen molar-refractivity contribution >= 4 is 15.7 Å². The zero-order chi connectivity index (χ0) is 16.9. The van der Waals surface area contributed by atoms with Crippen molar-refractivity contribution in [2.24, 2.45) is 5.14 Å². The van der Waals surface area contributed by atoms with Gasteiger partial charge in [-0.25, -0.2) is 13.6 Å². The highest BCUT2D eigenvalue weighted by Gasteiger charge is 2.10. The molecule has 0 spiro atoms. The monoisotopic (exact) mass is 335 g/mol. The van der Waals surface area contributed by atoms with Gasteiger partial charge in [0, 0.05) is 24.0 Å². The number of aromatic nitrogens is 1. The molecule has 0 radical (unpaired) electrons. The fourth-order valence-corrected chi connectivity index (χ4v) is 2.80. The number of pyridine rings is 1. The van der Waals surface area contributed by atoms with Gasteiger partial charge in [-0.3, -0.25) is 15.1 Å². The molecule has 0 unspecified atom stereocenters. The second kappa shape index (κ2) is 7.30. The largest absolute Gasteiger partial charge is 0.269 e. The van der Waals surface area contributed by atoms with E-state index >= 15 is 0 Å². The van der Waals surface area contributed by atoms with Crippen LogP contribution in [0.2, 0.25) is 0 Å². The summed E-state index contributed by atoms with van der Waals surface area (Å²) in [5.41, 5.74) is 2.62. The molecule has 1 aromatic carbocycles. The van der Waals surface area contributed by atoms with E-state index in [1.807, 2.05) is 12.3 Å². The predicted molar refractivity (Wildman–Crippen MR) is 85.3 cm³/mol. The summed E-state index contributed by atoms with van der Waals surface area (Å²) in [7, 11) is -3.77. The Balaban J connectivity index is 0.000000172. The topological polar surface area (TPSA) is 116 Å². The lowest BCUT2D eigenvalue weighted by molar-refractivity contribution is -0.384. The molecule has 0 atom stereocenters. The second-order valence-corrected chi connectivity index (χ2v) is 6.67. The molecule has 0 fully saturated rings. The summed E-state index contributed by atoms with van der Waals surface area (Å²) in [4.78, 5) is 13.7. The van der Waals surface area contributed by atoms with Crippen LogP contribution in [0.3, 0.4) is 0 Å². The Hall–Kier alpha value is -2.32. The number of rotatable bonds is 2. The van der Waals surface area contributed by atoms with Crippen molar-refractivity contribution < 1.29 is 13.3 Å². The summed E-state index contributed by atoms with van der Waals surface area (Å²) in [6.07, 6.45) is 6.99. The van der Waals surface area contributed by atoms with E-state index in [-0.39, 0.29) is 10.6 Å². The minimum Gasteiger partial charge on any atom is -0.261 e. The van der Waals surface area contributed by atoms with Gasteiger partial charge in [-0.1, -0.05) is 6.07 Å². The quantitative estimate of drug-likeness (QED) is 0.667. The lowest BCUT2D eigenvalue weighted by Gasteiger charge is -2.12. The Morgan fingerprint density at radius 1 is 1.09 bits per heavy atom. The molecule has 1 aliphatic rings. The first kappa shape index (κ1) is 17.0. The Morgan fingerprint density at radius 3 is 2.30 bits per heavy atom. The smallest absolute Gasteiger partial charge is 0.261 e.